The topological polar surface area (TPSA) is 43.8 Å². The lowest BCUT2D eigenvalue weighted by atomic mass is 10.2. The monoisotopic (exact) mass is 273 g/mol. The van der Waals surface area contributed by atoms with Crippen molar-refractivity contribution >= 4 is 39.2 Å². The molecule has 0 atom stereocenters. The van der Waals surface area contributed by atoms with Crippen molar-refractivity contribution in [3.8, 4) is 0 Å². The lowest BCUT2D eigenvalue weighted by Crippen LogP contribution is -1.91. The molecule has 4 heteroatoms. The Morgan fingerprint density at radius 2 is 2.25 bits per heavy atom. The molecule has 0 saturated heterocycles. The summed E-state index contributed by atoms with van der Waals surface area (Å²) in [6.07, 6.45) is 0. The Kier molecular flexibility index (Phi) is 1.71. The number of benzene rings is 1. The van der Waals surface area contributed by atoms with Crippen LogP contribution in [0.3, 0.4) is 0 Å². The highest BCUT2D eigenvalue weighted by molar-refractivity contribution is 14.1. The average Bonchev–Trinajstić information content (AvgIpc) is 2.28. The summed E-state index contributed by atoms with van der Waals surface area (Å²) in [6.45, 7) is 0. The molecule has 0 unspecified atom stereocenters. The lowest BCUT2D eigenvalue weighted by molar-refractivity contribution is 0.759. The van der Waals surface area contributed by atoms with Gasteiger partial charge >= 0.3 is 0 Å². The van der Waals surface area contributed by atoms with Gasteiger partial charge in [0.2, 0.25) is 0 Å². The largest absolute Gasteiger partial charge is 0.399 e. The van der Waals surface area contributed by atoms with Gasteiger partial charge in [-0.25, -0.2) is 0 Å². The molecule has 0 aliphatic carbocycles. The lowest BCUT2D eigenvalue weighted by Gasteiger charge is -1.90. The molecule has 2 rings (SSSR count). The zero-order valence-corrected chi connectivity index (χ0v) is 8.74. The van der Waals surface area contributed by atoms with Crippen molar-refractivity contribution in [3.05, 3.63) is 21.9 Å². The molecule has 0 bridgehead atoms. The Morgan fingerprint density at radius 3 is 3.00 bits per heavy atom. The Labute approximate surface area is 83.7 Å². The normalized spacial score (nSPS) is 10.8. The molecule has 0 saturated carbocycles. The van der Waals surface area contributed by atoms with Crippen LogP contribution in [0.1, 0.15) is 0 Å². The third kappa shape index (κ3) is 1.06. The van der Waals surface area contributed by atoms with Crippen molar-refractivity contribution < 1.29 is 0 Å². The van der Waals surface area contributed by atoms with E-state index in [9.17, 15) is 0 Å². The van der Waals surface area contributed by atoms with Gasteiger partial charge < -0.3 is 5.73 Å². The zero-order chi connectivity index (χ0) is 8.72. The van der Waals surface area contributed by atoms with Gasteiger partial charge in [0.25, 0.3) is 0 Å². The smallest absolute Gasteiger partial charge is 0.106 e. The van der Waals surface area contributed by atoms with E-state index < -0.39 is 0 Å². The molecule has 1 aromatic carbocycles. The fourth-order valence-electron chi connectivity index (χ4n) is 1.19. The van der Waals surface area contributed by atoms with Crippen LogP contribution in [0.4, 0.5) is 5.69 Å². The van der Waals surface area contributed by atoms with Crippen LogP contribution >= 0.6 is 22.6 Å². The summed E-state index contributed by atoms with van der Waals surface area (Å²) in [7, 11) is 1.93. The van der Waals surface area contributed by atoms with E-state index in [1.165, 1.54) is 0 Å². The molecule has 2 aromatic rings. The quantitative estimate of drug-likeness (QED) is 0.587. The van der Waals surface area contributed by atoms with E-state index >= 15 is 0 Å². The first-order valence-electron chi connectivity index (χ1n) is 3.56. The van der Waals surface area contributed by atoms with Crippen molar-refractivity contribution in [1.82, 2.24) is 9.78 Å². The maximum Gasteiger partial charge on any atom is 0.106 e. The number of fused-ring (bicyclic) bond motifs is 1. The molecule has 3 nitrogen and oxygen atoms in total. The second-order valence-corrected chi connectivity index (χ2v) is 3.71. The van der Waals surface area contributed by atoms with Gasteiger partial charge in [-0.3, -0.25) is 4.68 Å². The molecule has 62 valence electrons. The highest BCUT2D eigenvalue weighted by Gasteiger charge is 2.04. The summed E-state index contributed by atoms with van der Waals surface area (Å²) >= 11 is 2.27. The zero-order valence-electron chi connectivity index (χ0n) is 6.58. The van der Waals surface area contributed by atoms with E-state index in [-0.39, 0.29) is 0 Å². The number of hydrogen-bond donors (Lipinski definition) is 1. The maximum atomic E-state index is 5.63. The van der Waals surface area contributed by atoms with Crippen LogP contribution in [-0.2, 0) is 7.05 Å². The van der Waals surface area contributed by atoms with Crippen molar-refractivity contribution in [1.29, 1.82) is 0 Å². The van der Waals surface area contributed by atoms with E-state index in [2.05, 4.69) is 27.7 Å². The van der Waals surface area contributed by atoms with E-state index in [0.717, 1.165) is 20.3 Å². The number of rotatable bonds is 0. The first kappa shape index (κ1) is 7.85. The standard InChI is InChI=1S/C8H8IN3/c1-12-8(9)6-3-2-5(10)4-7(6)11-12/h2-4H,10H2,1H3. The second kappa shape index (κ2) is 2.62. The number of aryl methyl sites for hydroxylation is 1. The molecule has 2 N–H and O–H groups in total. The number of nitrogen functional groups attached to an aromatic ring is 1. The third-order valence-corrected chi connectivity index (χ3v) is 3.07. The van der Waals surface area contributed by atoms with Crippen molar-refractivity contribution in [3.63, 3.8) is 0 Å². The minimum atomic E-state index is 0.761. The van der Waals surface area contributed by atoms with Gasteiger partial charge in [0.15, 0.2) is 0 Å². The van der Waals surface area contributed by atoms with Crippen LogP contribution < -0.4 is 5.73 Å². The average molecular weight is 273 g/mol. The second-order valence-electron chi connectivity index (χ2n) is 2.69. The molecule has 0 spiro atoms. The molecular formula is C8H8IN3. The molecular weight excluding hydrogens is 265 g/mol. The number of nitrogens with zero attached hydrogens (tertiary/aromatic N) is 2. The number of halogens is 1. The van der Waals surface area contributed by atoms with Gasteiger partial charge in [-0.1, -0.05) is 0 Å². The van der Waals surface area contributed by atoms with Gasteiger partial charge in [-0.05, 0) is 40.8 Å². The summed E-state index contributed by atoms with van der Waals surface area (Å²) < 4.78 is 2.99. The SMILES string of the molecule is Cn1nc2cc(N)ccc2c1I. The number of aromatic nitrogens is 2. The van der Waals surface area contributed by atoms with Gasteiger partial charge in [0, 0.05) is 18.1 Å². The van der Waals surface area contributed by atoms with Gasteiger partial charge in [0.05, 0.1) is 5.52 Å². The summed E-state index contributed by atoms with van der Waals surface area (Å²) in [5.74, 6) is 0. The fraction of sp³-hybridized carbons (Fsp3) is 0.125. The summed E-state index contributed by atoms with van der Waals surface area (Å²) in [4.78, 5) is 0. The number of hydrogen-bond acceptors (Lipinski definition) is 2. The molecule has 1 aromatic heterocycles. The van der Waals surface area contributed by atoms with Crippen LogP contribution in [0.25, 0.3) is 10.9 Å². The Balaban J connectivity index is 2.87. The predicted molar refractivity (Wildman–Crippen MR) is 57.8 cm³/mol. The van der Waals surface area contributed by atoms with Gasteiger partial charge in [0.1, 0.15) is 3.70 Å². The number of nitrogens with two attached hydrogens (primary N) is 1. The first-order chi connectivity index (χ1) is 5.68. The molecule has 0 aliphatic rings. The highest BCUT2D eigenvalue weighted by Crippen LogP contribution is 2.21. The first-order valence-corrected chi connectivity index (χ1v) is 4.64. The molecule has 0 aliphatic heterocycles. The van der Waals surface area contributed by atoms with E-state index in [1.807, 2.05) is 29.9 Å². The van der Waals surface area contributed by atoms with Crippen LogP contribution in [-0.4, -0.2) is 9.78 Å². The molecule has 0 amide bonds. The highest BCUT2D eigenvalue weighted by atomic mass is 127. The van der Waals surface area contributed by atoms with E-state index in [1.54, 1.807) is 0 Å². The summed E-state index contributed by atoms with van der Waals surface area (Å²) in [6, 6.07) is 5.78. The van der Waals surface area contributed by atoms with E-state index in [4.69, 9.17) is 5.73 Å². The van der Waals surface area contributed by atoms with Crippen LogP contribution in [0.5, 0.6) is 0 Å². The van der Waals surface area contributed by atoms with Gasteiger partial charge in [-0.15, -0.1) is 0 Å². The molecule has 1 heterocycles. The van der Waals surface area contributed by atoms with Crippen molar-refractivity contribution in [2.45, 2.75) is 0 Å². The maximum absolute atomic E-state index is 5.63. The van der Waals surface area contributed by atoms with Crippen molar-refractivity contribution in [2.24, 2.45) is 7.05 Å². The van der Waals surface area contributed by atoms with Crippen LogP contribution in [0.15, 0.2) is 18.2 Å². The van der Waals surface area contributed by atoms with Crippen LogP contribution in [0, 0.1) is 3.70 Å². The van der Waals surface area contributed by atoms with E-state index in [0.29, 0.717) is 0 Å². The van der Waals surface area contributed by atoms with Gasteiger partial charge in [-0.2, -0.15) is 5.10 Å². The Morgan fingerprint density at radius 1 is 1.50 bits per heavy atom. The molecule has 0 fully saturated rings. The molecule has 12 heavy (non-hydrogen) atoms. The third-order valence-electron chi connectivity index (χ3n) is 1.79. The Bertz CT molecular complexity index is 433. The minimum absolute atomic E-state index is 0.761. The van der Waals surface area contributed by atoms with Crippen molar-refractivity contribution in [2.75, 3.05) is 5.73 Å². The minimum Gasteiger partial charge on any atom is -0.399 e. The summed E-state index contributed by atoms with van der Waals surface area (Å²) in [5, 5.41) is 5.46. The molecule has 0 radical (unpaired) electrons. The summed E-state index contributed by atoms with van der Waals surface area (Å²) in [5.41, 5.74) is 7.35. The number of anilines is 1. The Hall–Kier alpha value is -0.780. The predicted octanol–water partition coefficient (Wildman–Crippen LogP) is 1.76. The fourth-order valence-corrected chi connectivity index (χ4v) is 1.75. The van der Waals surface area contributed by atoms with Crippen LogP contribution in [0.2, 0.25) is 0 Å².